The Hall–Kier alpha value is -0.660. The molecule has 0 spiro atoms. The largest absolute Gasteiger partial charge is 0.309 e. The second-order valence-electron chi connectivity index (χ2n) is 6.46. The summed E-state index contributed by atoms with van der Waals surface area (Å²) in [5.74, 6) is 0. The van der Waals surface area contributed by atoms with Crippen molar-refractivity contribution in [3.05, 3.63) is 0 Å². The summed E-state index contributed by atoms with van der Waals surface area (Å²) in [5, 5.41) is 12.3. The Morgan fingerprint density at radius 2 is 2.11 bits per heavy atom. The van der Waals surface area contributed by atoms with Gasteiger partial charge < -0.3 is 5.32 Å². The molecule has 0 aromatic rings. The fraction of sp³-hybridized carbons (Fsp3) is 0.929. The zero-order valence-corrected chi connectivity index (χ0v) is 11.6. The van der Waals surface area contributed by atoms with Crippen LogP contribution in [0.4, 0.5) is 4.39 Å². The Labute approximate surface area is 109 Å². The van der Waals surface area contributed by atoms with E-state index < -0.39 is 6.17 Å². The number of likely N-dealkylation sites (tertiary alicyclic amines) is 1. The van der Waals surface area contributed by atoms with E-state index in [4.69, 9.17) is 5.26 Å². The number of nitrogens with one attached hydrogen (secondary N) is 1. The highest BCUT2D eigenvalue weighted by molar-refractivity contribution is 5.09. The summed E-state index contributed by atoms with van der Waals surface area (Å²) < 4.78 is 14.1. The lowest BCUT2D eigenvalue weighted by atomic mass is 9.67. The van der Waals surface area contributed by atoms with Crippen molar-refractivity contribution in [2.24, 2.45) is 5.41 Å². The topological polar surface area (TPSA) is 39.1 Å². The first-order valence-corrected chi connectivity index (χ1v) is 6.99. The van der Waals surface area contributed by atoms with Crippen LogP contribution < -0.4 is 5.32 Å². The summed E-state index contributed by atoms with van der Waals surface area (Å²) >= 11 is 0. The van der Waals surface area contributed by atoms with E-state index >= 15 is 0 Å². The number of hydrogen-bond donors (Lipinski definition) is 1. The Bertz CT molecular complexity index is 330. The maximum Gasteiger partial charge on any atom is 0.128 e. The molecular formula is C14H24FN3. The third-order valence-corrected chi connectivity index (χ3v) is 4.28. The molecule has 102 valence electrons. The molecule has 1 aliphatic heterocycles. The van der Waals surface area contributed by atoms with Gasteiger partial charge in [-0.2, -0.15) is 5.26 Å². The van der Waals surface area contributed by atoms with Crippen LogP contribution in [-0.2, 0) is 0 Å². The predicted octanol–water partition coefficient (Wildman–Crippen LogP) is 2.09. The summed E-state index contributed by atoms with van der Waals surface area (Å²) in [4.78, 5) is 2.24. The Balaban J connectivity index is 1.81. The fourth-order valence-corrected chi connectivity index (χ4v) is 3.21. The van der Waals surface area contributed by atoms with E-state index in [1.165, 1.54) is 0 Å². The Kier molecular flexibility index (Phi) is 3.93. The summed E-state index contributed by atoms with van der Waals surface area (Å²) in [6.07, 6.45) is 1.89. The zero-order valence-electron chi connectivity index (χ0n) is 11.6. The molecule has 2 aliphatic rings. The highest BCUT2D eigenvalue weighted by Gasteiger charge is 2.45. The van der Waals surface area contributed by atoms with Crippen molar-refractivity contribution in [2.45, 2.75) is 64.3 Å². The molecule has 0 radical (unpaired) electrons. The quantitative estimate of drug-likeness (QED) is 0.837. The molecule has 0 bridgehead atoms. The molecule has 1 aliphatic carbocycles. The Morgan fingerprint density at radius 3 is 2.61 bits per heavy atom. The molecular weight excluding hydrogens is 229 g/mol. The van der Waals surface area contributed by atoms with Gasteiger partial charge in [-0.3, -0.25) is 4.90 Å². The second-order valence-corrected chi connectivity index (χ2v) is 6.46. The van der Waals surface area contributed by atoms with Crippen molar-refractivity contribution >= 4 is 0 Å². The van der Waals surface area contributed by atoms with Gasteiger partial charge in [-0.05, 0) is 26.2 Å². The lowest BCUT2D eigenvalue weighted by Gasteiger charge is -2.49. The third-order valence-electron chi connectivity index (χ3n) is 4.28. The van der Waals surface area contributed by atoms with E-state index in [2.05, 4.69) is 30.1 Å². The minimum absolute atomic E-state index is 0.00340. The van der Waals surface area contributed by atoms with Crippen LogP contribution >= 0.6 is 0 Å². The number of piperidine rings is 1. The van der Waals surface area contributed by atoms with Crippen molar-refractivity contribution in [1.29, 1.82) is 5.26 Å². The molecule has 3 nitrogen and oxygen atoms in total. The van der Waals surface area contributed by atoms with E-state index in [1.54, 1.807) is 0 Å². The monoisotopic (exact) mass is 253 g/mol. The first-order chi connectivity index (χ1) is 8.43. The van der Waals surface area contributed by atoms with Gasteiger partial charge in [0.2, 0.25) is 0 Å². The average molecular weight is 253 g/mol. The number of rotatable bonds is 3. The minimum atomic E-state index is -0.782. The van der Waals surface area contributed by atoms with Crippen molar-refractivity contribution < 1.29 is 4.39 Å². The highest BCUT2D eigenvalue weighted by Crippen LogP contribution is 2.43. The molecule has 2 rings (SSSR count). The van der Waals surface area contributed by atoms with Crippen molar-refractivity contribution in [3.8, 4) is 6.07 Å². The number of nitrogens with zero attached hydrogens (tertiary/aromatic N) is 2. The van der Waals surface area contributed by atoms with Crippen LogP contribution in [0.1, 0.15) is 40.0 Å². The predicted molar refractivity (Wildman–Crippen MR) is 69.9 cm³/mol. The van der Waals surface area contributed by atoms with Gasteiger partial charge >= 0.3 is 0 Å². The molecule has 4 heteroatoms. The van der Waals surface area contributed by atoms with Crippen molar-refractivity contribution in [1.82, 2.24) is 10.2 Å². The number of halogens is 1. The molecule has 2 unspecified atom stereocenters. The fourth-order valence-electron chi connectivity index (χ4n) is 3.21. The third kappa shape index (κ3) is 2.84. The summed E-state index contributed by atoms with van der Waals surface area (Å²) in [6.45, 7) is 7.60. The molecule has 2 atom stereocenters. The molecule has 0 aromatic heterocycles. The summed E-state index contributed by atoms with van der Waals surface area (Å²) in [7, 11) is 0. The van der Waals surface area contributed by atoms with E-state index in [1.807, 2.05) is 6.92 Å². The normalized spacial score (nSPS) is 41.4. The van der Waals surface area contributed by atoms with Crippen LogP contribution in [0, 0.1) is 16.7 Å². The summed E-state index contributed by atoms with van der Waals surface area (Å²) in [5.41, 5.74) is -0.163. The number of alkyl halides is 1. The maximum atomic E-state index is 14.1. The Morgan fingerprint density at radius 1 is 1.44 bits per heavy atom. The molecule has 1 heterocycles. The van der Waals surface area contributed by atoms with E-state index in [0.29, 0.717) is 18.6 Å². The highest BCUT2D eigenvalue weighted by atomic mass is 19.1. The minimum Gasteiger partial charge on any atom is -0.309 e. The van der Waals surface area contributed by atoms with Gasteiger partial charge in [0.1, 0.15) is 6.17 Å². The molecule has 2 fully saturated rings. The van der Waals surface area contributed by atoms with Gasteiger partial charge in [0.05, 0.1) is 11.5 Å². The lowest BCUT2D eigenvalue weighted by Crippen LogP contribution is -2.58. The number of nitriles is 1. The van der Waals surface area contributed by atoms with Crippen molar-refractivity contribution in [2.75, 3.05) is 13.1 Å². The molecule has 1 N–H and O–H groups in total. The van der Waals surface area contributed by atoms with Crippen molar-refractivity contribution in [3.63, 3.8) is 0 Å². The zero-order chi connectivity index (χ0) is 13.3. The number of hydrogen-bond acceptors (Lipinski definition) is 3. The van der Waals surface area contributed by atoms with Crippen LogP contribution in [0.25, 0.3) is 0 Å². The van der Waals surface area contributed by atoms with Gasteiger partial charge in [0.25, 0.3) is 0 Å². The smallest absolute Gasteiger partial charge is 0.128 e. The lowest BCUT2D eigenvalue weighted by molar-refractivity contribution is 0.000114. The van der Waals surface area contributed by atoms with Crippen LogP contribution in [0.5, 0.6) is 0 Å². The maximum absolute atomic E-state index is 14.1. The van der Waals surface area contributed by atoms with Gasteiger partial charge in [-0.15, -0.1) is 0 Å². The SMILES string of the molecule is CC(C)NC1CCN(C2CC(C)(C#N)C2)CC1F. The van der Waals surface area contributed by atoms with Crippen LogP contribution in [0.3, 0.4) is 0 Å². The standard InChI is InChI=1S/C14H24FN3/c1-10(2)17-13-4-5-18(8-12(13)15)11-6-14(3,7-11)9-16/h10-13,17H,4-8H2,1-3H3. The van der Waals surface area contributed by atoms with Gasteiger partial charge in [-0.25, -0.2) is 4.39 Å². The molecule has 1 saturated carbocycles. The first-order valence-electron chi connectivity index (χ1n) is 6.99. The van der Waals surface area contributed by atoms with Crippen LogP contribution in [-0.4, -0.2) is 42.3 Å². The van der Waals surface area contributed by atoms with E-state index in [0.717, 1.165) is 25.8 Å². The average Bonchev–Trinajstić information content (AvgIpc) is 2.27. The first kappa shape index (κ1) is 13.8. The molecule has 0 aromatic carbocycles. The van der Waals surface area contributed by atoms with Crippen LogP contribution in [0.15, 0.2) is 0 Å². The van der Waals surface area contributed by atoms with E-state index in [9.17, 15) is 4.39 Å². The molecule has 18 heavy (non-hydrogen) atoms. The molecule has 1 saturated heterocycles. The van der Waals surface area contributed by atoms with Gasteiger partial charge in [0.15, 0.2) is 0 Å². The molecule has 0 amide bonds. The summed E-state index contributed by atoms with van der Waals surface area (Å²) in [6, 6.07) is 3.13. The van der Waals surface area contributed by atoms with E-state index in [-0.39, 0.29) is 11.5 Å². The van der Waals surface area contributed by atoms with Crippen LogP contribution in [0.2, 0.25) is 0 Å². The van der Waals surface area contributed by atoms with Gasteiger partial charge in [0, 0.05) is 31.2 Å². The second kappa shape index (κ2) is 5.14. The van der Waals surface area contributed by atoms with Gasteiger partial charge in [-0.1, -0.05) is 13.8 Å².